The van der Waals surface area contributed by atoms with Gasteiger partial charge in [-0.2, -0.15) is 0 Å². The largest absolute Gasteiger partial charge is 0.370 e. The van der Waals surface area contributed by atoms with Crippen molar-refractivity contribution in [2.45, 2.75) is 50.2 Å². The van der Waals surface area contributed by atoms with Gasteiger partial charge in [-0.25, -0.2) is 9.97 Å². The second-order valence-corrected chi connectivity index (χ2v) is 6.50. The second kappa shape index (κ2) is 6.20. The molecule has 1 saturated heterocycles. The van der Waals surface area contributed by atoms with Gasteiger partial charge in [0.15, 0.2) is 5.16 Å². The van der Waals surface area contributed by atoms with Crippen molar-refractivity contribution in [2.75, 3.05) is 29.6 Å². The van der Waals surface area contributed by atoms with Gasteiger partial charge in [0, 0.05) is 25.2 Å². The fourth-order valence-electron chi connectivity index (χ4n) is 3.61. The summed E-state index contributed by atoms with van der Waals surface area (Å²) in [6.45, 7) is 4.16. The molecule has 0 amide bonds. The van der Waals surface area contributed by atoms with E-state index in [1.54, 1.807) is 11.8 Å². The first kappa shape index (κ1) is 14.0. The van der Waals surface area contributed by atoms with Crippen LogP contribution in [0.15, 0.2) is 11.2 Å². The summed E-state index contributed by atoms with van der Waals surface area (Å²) in [5.74, 6) is 2.97. The lowest BCUT2D eigenvalue weighted by Crippen LogP contribution is -2.35. The highest BCUT2D eigenvalue weighted by molar-refractivity contribution is 7.98. The Labute approximate surface area is 125 Å². The number of anilines is 2. The normalized spacial score (nSPS) is 25.6. The molecule has 110 valence electrons. The van der Waals surface area contributed by atoms with E-state index in [1.807, 2.05) is 6.26 Å². The predicted molar refractivity (Wildman–Crippen MR) is 85.7 cm³/mol. The van der Waals surface area contributed by atoms with Crippen molar-refractivity contribution >= 4 is 23.4 Å². The average Bonchev–Trinajstić information content (AvgIpc) is 2.91. The Balaban J connectivity index is 1.86. The van der Waals surface area contributed by atoms with E-state index in [-0.39, 0.29) is 0 Å². The molecule has 2 heterocycles. The van der Waals surface area contributed by atoms with Gasteiger partial charge in [0.05, 0.1) is 0 Å². The number of aromatic nitrogens is 2. The quantitative estimate of drug-likeness (QED) is 0.680. The molecule has 2 fully saturated rings. The average molecular weight is 292 g/mol. The number of hydrogen-bond donors (Lipinski definition) is 1. The molecule has 0 aromatic carbocycles. The highest BCUT2D eigenvalue weighted by atomic mass is 32.2. The fraction of sp³-hybridized carbons (Fsp3) is 0.733. The maximum atomic E-state index is 4.74. The van der Waals surface area contributed by atoms with Crippen LogP contribution in [0, 0.1) is 5.92 Å². The molecule has 2 atom stereocenters. The van der Waals surface area contributed by atoms with Crippen molar-refractivity contribution in [3.05, 3.63) is 6.07 Å². The predicted octanol–water partition coefficient (Wildman–Crippen LogP) is 3.40. The number of fused-ring (bicyclic) bond motifs is 1. The van der Waals surface area contributed by atoms with E-state index in [1.165, 1.54) is 32.1 Å². The van der Waals surface area contributed by atoms with Crippen molar-refractivity contribution in [1.29, 1.82) is 0 Å². The zero-order valence-electron chi connectivity index (χ0n) is 12.4. The highest BCUT2D eigenvalue weighted by Gasteiger charge is 2.36. The molecule has 2 unspecified atom stereocenters. The third kappa shape index (κ3) is 2.73. The molecule has 0 radical (unpaired) electrons. The van der Waals surface area contributed by atoms with Crippen LogP contribution in [0.25, 0.3) is 0 Å². The summed E-state index contributed by atoms with van der Waals surface area (Å²) in [6.07, 6.45) is 8.90. The first-order valence-electron chi connectivity index (χ1n) is 7.75. The number of hydrogen-bond acceptors (Lipinski definition) is 5. The summed E-state index contributed by atoms with van der Waals surface area (Å²) in [4.78, 5) is 11.8. The third-order valence-corrected chi connectivity index (χ3v) is 5.08. The topological polar surface area (TPSA) is 41.0 Å². The first-order valence-corrected chi connectivity index (χ1v) is 8.98. The molecule has 20 heavy (non-hydrogen) atoms. The van der Waals surface area contributed by atoms with Gasteiger partial charge < -0.3 is 10.2 Å². The first-order chi connectivity index (χ1) is 9.81. The molecule has 4 nitrogen and oxygen atoms in total. The van der Waals surface area contributed by atoms with Crippen molar-refractivity contribution in [2.24, 2.45) is 5.92 Å². The van der Waals surface area contributed by atoms with Crippen LogP contribution in [-0.2, 0) is 0 Å². The Kier molecular flexibility index (Phi) is 4.34. The lowest BCUT2D eigenvalue weighted by atomic mass is 9.85. The van der Waals surface area contributed by atoms with Crippen LogP contribution < -0.4 is 10.2 Å². The van der Waals surface area contributed by atoms with E-state index in [9.17, 15) is 0 Å². The summed E-state index contributed by atoms with van der Waals surface area (Å²) >= 11 is 1.62. The minimum Gasteiger partial charge on any atom is -0.370 e. The summed E-state index contributed by atoms with van der Waals surface area (Å²) in [5, 5.41) is 4.20. The molecular weight excluding hydrogens is 268 g/mol. The number of nitrogens with one attached hydrogen (secondary N) is 1. The van der Waals surface area contributed by atoms with Gasteiger partial charge in [-0.15, -0.1) is 0 Å². The molecule has 1 N–H and O–H groups in total. The van der Waals surface area contributed by atoms with E-state index in [4.69, 9.17) is 4.98 Å². The third-order valence-electron chi connectivity index (χ3n) is 4.54. The number of thioether (sulfide) groups is 1. The zero-order chi connectivity index (χ0) is 13.9. The molecule has 5 heteroatoms. The molecule has 0 bridgehead atoms. The molecule has 1 saturated carbocycles. The van der Waals surface area contributed by atoms with Crippen LogP contribution >= 0.6 is 11.8 Å². The van der Waals surface area contributed by atoms with Crippen LogP contribution in [0.4, 0.5) is 11.6 Å². The van der Waals surface area contributed by atoms with E-state index in [2.05, 4.69) is 28.2 Å². The molecule has 3 rings (SSSR count). The Hall–Kier alpha value is -0.970. The van der Waals surface area contributed by atoms with Gasteiger partial charge in [-0.3, -0.25) is 0 Å². The number of nitrogens with zero attached hydrogens (tertiary/aromatic N) is 3. The Morgan fingerprint density at radius 2 is 2.15 bits per heavy atom. The molecule has 1 aromatic heterocycles. The fourth-order valence-corrected chi connectivity index (χ4v) is 3.99. The molecular formula is C15H24N4S. The molecule has 1 aliphatic heterocycles. The van der Waals surface area contributed by atoms with Crippen LogP contribution in [0.1, 0.15) is 39.0 Å². The van der Waals surface area contributed by atoms with Crippen molar-refractivity contribution < 1.29 is 0 Å². The molecule has 2 aliphatic rings. The van der Waals surface area contributed by atoms with Gasteiger partial charge in [0.2, 0.25) is 0 Å². The summed E-state index contributed by atoms with van der Waals surface area (Å²) in [6, 6.07) is 2.84. The van der Waals surface area contributed by atoms with E-state index >= 15 is 0 Å². The van der Waals surface area contributed by atoms with Crippen LogP contribution in [-0.4, -0.2) is 35.4 Å². The Bertz CT molecular complexity index is 465. The maximum Gasteiger partial charge on any atom is 0.191 e. The van der Waals surface area contributed by atoms with Crippen LogP contribution in [0.3, 0.4) is 0 Å². The minimum absolute atomic E-state index is 0.711. The van der Waals surface area contributed by atoms with Gasteiger partial charge >= 0.3 is 0 Å². The zero-order valence-corrected chi connectivity index (χ0v) is 13.2. The lowest BCUT2D eigenvalue weighted by Gasteiger charge is -2.32. The van der Waals surface area contributed by atoms with E-state index in [0.29, 0.717) is 6.04 Å². The van der Waals surface area contributed by atoms with E-state index in [0.717, 1.165) is 35.8 Å². The molecule has 1 aromatic rings. The van der Waals surface area contributed by atoms with Crippen LogP contribution in [0.5, 0.6) is 0 Å². The monoisotopic (exact) mass is 292 g/mol. The van der Waals surface area contributed by atoms with E-state index < -0.39 is 0 Å². The highest BCUT2D eigenvalue weighted by Crippen LogP contribution is 2.38. The Morgan fingerprint density at radius 1 is 1.30 bits per heavy atom. The van der Waals surface area contributed by atoms with Gasteiger partial charge in [-0.1, -0.05) is 24.6 Å². The van der Waals surface area contributed by atoms with Gasteiger partial charge in [0.1, 0.15) is 11.6 Å². The van der Waals surface area contributed by atoms with Crippen molar-refractivity contribution in [3.8, 4) is 0 Å². The minimum atomic E-state index is 0.711. The summed E-state index contributed by atoms with van der Waals surface area (Å²) in [7, 11) is 0. The maximum absolute atomic E-state index is 4.74. The molecule has 0 spiro atoms. The van der Waals surface area contributed by atoms with Gasteiger partial charge in [0.25, 0.3) is 0 Å². The Morgan fingerprint density at radius 3 is 2.95 bits per heavy atom. The van der Waals surface area contributed by atoms with Crippen molar-refractivity contribution in [3.63, 3.8) is 0 Å². The smallest absolute Gasteiger partial charge is 0.191 e. The number of rotatable bonds is 4. The standard InChI is InChI=1S/C15H24N4S/c1-3-16-13-10-14(18-15(17-13)20-2)19-9-8-11-6-4-5-7-12(11)19/h10-12H,3-9H2,1-2H3,(H,16,17,18). The lowest BCUT2D eigenvalue weighted by molar-refractivity contribution is 0.341. The SMILES string of the molecule is CCNc1cc(N2CCC3CCCCC32)nc(SC)n1. The van der Waals surface area contributed by atoms with Crippen LogP contribution in [0.2, 0.25) is 0 Å². The van der Waals surface area contributed by atoms with Gasteiger partial charge in [-0.05, 0) is 38.4 Å². The summed E-state index contributed by atoms with van der Waals surface area (Å²) in [5.41, 5.74) is 0. The summed E-state index contributed by atoms with van der Waals surface area (Å²) < 4.78 is 0. The second-order valence-electron chi connectivity index (χ2n) is 5.72. The molecule has 1 aliphatic carbocycles. The van der Waals surface area contributed by atoms with Crippen molar-refractivity contribution in [1.82, 2.24) is 9.97 Å².